The van der Waals surface area contributed by atoms with E-state index in [1.807, 2.05) is 19.1 Å². The number of halogens is 1. The van der Waals surface area contributed by atoms with Crippen LogP contribution in [0.1, 0.15) is 11.1 Å². The molecule has 122 valence electrons. The van der Waals surface area contributed by atoms with Gasteiger partial charge in [0.05, 0.1) is 11.4 Å². The molecule has 23 heavy (non-hydrogen) atoms. The Morgan fingerprint density at radius 2 is 1.78 bits per heavy atom. The van der Waals surface area contributed by atoms with E-state index in [1.165, 1.54) is 13.0 Å². The third-order valence-corrected chi connectivity index (χ3v) is 4.68. The van der Waals surface area contributed by atoms with E-state index in [4.69, 9.17) is 0 Å². The zero-order chi connectivity index (χ0) is 17.0. The second-order valence-electron chi connectivity index (χ2n) is 5.10. The van der Waals surface area contributed by atoms with Gasteiger partial charge in [-0.1, -0.05) is 18.2 Å². The molecular formula is C16H17FN2O3S. The van der Waals surface area contributed by atoms with E-state index in [0.29, 0.717) is 5.69 Å². The Morgan fingerprint density at radius 3 is 2.43 bits per heavy atom. The minimum absolute atomic E-state index is 0.0832. The molecule has 2 aromatic rings. The van der Waals surface area contributed by atoms with Crippen LogP contribution in [0.2, 0.25) is 0 Å². The first-order chi connectivity index (χ1) is 10.8. The van der Waals surface area contributed by atoms with E-state index in [9.17, 15) is 17.6 Å². The summed E-state index contributed by atoms with van der Waals surface area (Å²) in [5.41, 5.74) is 1.71. The molecule has 1 amide bonds. The lowest BCUT2D eigenvalue weighted by Crippen LogP contribution is -2.33. The van der Waals surface area contributed by atoms with Crippen LogP contribution in [0.25, 0.3) is 0 Å². The number of para-hydroxylation sites is 1. The highest BCUT2D eigenvalue weighted by molar-refractivity contribution is 7.89. The molecule has 5 nitrogen and oxygen atoms in total. The van der Waals surface area contributed by atoms with Gasteiger partial charge in [0.1, 0.15) is 5.82 Å². The highest BCUT2D eigenvalue weighted by Gasteiger charge is 2.16. The molecule has 0 aliphatic heterocycles. The predicted molar refractivity (Wildman–Crippen MR) is 86.1 cm³/mol. The zero-order valence-corrected chi connectivity index (χ0v) is 13.6. The van der Waals surface area contributed by atoms with Gasteiger partial charge in [-0.05, 0) is 49.2 Å². The maximum absolute atomic E-state index is 13.2. The zero-order valence-electron chi connectivity index (χ0n) is 12.8. The van der Waals surface area contributed by atoms with E-state index in [1.54, 1.807) is 12.1 Å². The lowest BCUT2D eigenvalue weighted by atomic mass is 10.2. The average molecular weight is 336 g/mol. The third-order valence-electron chi connectivity index (χ3n) is 3.28. The Bertz CT molecular complexity index is 835. The monoisotopic (exact) mass is 336 g/mol. The van der Waals surface area contributed by atoms with Crippen molar-refractivity contribution in [2.75, 3.05) is 11.9 Å². The molecule has 0 aliphatic carbocycles. The smallest absolute Gasteiger partial charge is 0.241 e. The third kappa shape index (κ3) is 4.37. The van der Waals surface area contributed by atoms with Crippen LogP contribution in [0.3, 0.4) is 0 Å². The summed E-state index contributed by atoms with van der Waals surface area (Å²) < 4.78 is 39.6. The van der Waals surface area contributed by atoms with Crippen molar-refractivity contribution in [3.05, 3.63) is 59.4 Å². The lowest BCUT2D eigenvalue weighted by molar-refractivity contribution is -0.115. The van der Waals surface area contributed by atoms with Crippen molar-refractivity contribution in [3.8, 4) is 0 Å². The maximum atomic E-state index is 13.2. The largest absolute Gasteiger partial charge is 0.325 e. The first-order valence-corrected chi connectivity index (χ1v) is 8.39. The van der Waals surface area contributed by atoms with E-state index in [0.717, 1.165) is 17.7 Å². The summed E-state index contributed by atoms with van der Waals surface area (Å²) in [6, 6.07) is 10.6. The second kappa shape index (κ2) is 6.89. The highest BCUT2D eigenvalue weighted by atomic mass is 32.2. The molecule has 0 bridgehead atoms. The first-order valence-electron chi connectivity index (χ1n) is 6.91. The summed E-state index contributed by atoms with van der Waals surface area (Å²) >= 11 is 0. The maximum Gasteiger partial charge on any atom is 0.241 e. The van der Waals surface area contributed by atoms with Crippen LogP contribution in [-0.4, -0.2) is 20.9 Å². The number of anilines is 1. The highest BCUT2D eigenvalue weighted by Crippen LogP contribution is 2.15. The van der Waals surface area contributed by atoms with Gasteiger partial charge in [0.2, 0.25) is 15.9 Å². The molecule has 0 atom stereocenters. The molecule has 0 saturated heterocycles. The summed E-state index contributed by atoms with van der Waals surface area (Å²) in [6.45, 7) is 2.90. The molecule has 2 N–H and O–H groups in total. The summed E-state index contributed by atoms with van der Waals surface area (Å²) in [5.74, 6) is -0.969. The van der Waals surface area contributed by atoms with E-state index in [2.05, 4.69) is 10.0 Å². The lowest BCUT2D eigenvalue weighted by Gasteiger charge is -2.10. The van der Waals surface area contributed by atoms with Crippen molar-refractivity contribution in [1.82, 2.24) is 4.72 Å². The average Bonchev–Trinajstić information content (AvgIpc) is 2.50. The van der Waals surface area contributed by atoms with Gasteiger partial charge < -0.3 is 5.32 Å². The van der Waals surface area contributed by atoms with Crippen LogP contribution >= 0.6 is 0 Å². The SMILES string of the molecule is Cc1cc(S(=O)(=O)NCC(=O)Nc2ccccc2C)ccc1F. The number of sulfonamides is 1. The molecule has 0 saturated carbocycles. The van der Waals surface area contributed by atoms with Crippen LogP contribution in [-0.2, 0) is 14.8 Å². The predicted octanol–water partition coefficient (Wildman–Crippen LogP) is 2.36. The normalized spacial score (nSPS) is 11.3. The fourth-order valence-electron chi connectivity index (χ4n) is 1.94. The molecule has 2 aromatic carbocycles. The molecule has 0 fully saturated rings. The van der Waals surface area contributed by atoms with Gasteiger partial charge in [0.25, 0.3) is 0 Å². The molecule has 0 aromatic heterocycles. The topological polar surface area (TPSA) is 75.3 Å². The number of carbonyl (C=O) groups is 1. The van der Waals surface area contributed by atoms with Crippen molar-refractivity contribution in [1.29, 1.82) is 0 Å². The number of rotatable bonds is 5. The minimum atomic E-state index is -3.87. The van der Waals surface area contributed by atoms with Crippen molar-refractivity contribution >= 4 is 21.6 Å². The van der Waals surface area contributed by atoms with Crippen molar-refractivity contribution in [3.63, 3.8) is 0 Å². The number of carbonyl (C=O) groups excluding carboxylic acids is 1. The quantitative estimate of drug-likeness (QED) is 0.880. The number of hydrogen-bond acceptors (Lipinski definition) is 3. The number of hydrogen-bond donors (Lipinski definition) is 2. The molecule has 0 spiro atoms. The fraction of sp³-hybridized carbons (Fsp3) is 0.188. The van der Waals surface area contributed by atoms with Crippen LogP contribution in [0, 0.1) is 19.7 Å². The Labute approximate surface area is 134 Å². The molecule has 0 unspecified atom stereocenters. The summed E-state index contributed by atoms with van der Waals surface area (Å²) in [6.07, 6.45) is 0. The van der Waals surface area contributed by atoms with Crippen LogP contribution in [0.5, 0.6) is 0 Å². The molecule has 0 aliphatic rings. The van der Waals surface area contributed by atoms with Gasteiger partial charge in [-0.3, -0.25) is 4.79 Å². The van der Waals surface area contributed by atoms with Crippen molar-refractivity contribution < 1.29 is 17.6 Å². The van der Waals surface area contributed by atoms with E-state index in [-0.39, 0.29) is 10.5 Å². The summed E-state index contributed by atoms with van der Waals surface area (Å²) in [5, 5.41) is 2.63. The molecule has 7 heteroatoms. The summed E-state index contributed by atoms with van der Waals surface area (Å²) in [7, 11) is -3.87. The Kier molecular flexibility index (Phi) is 5.12. The Morgan fingerprint density at radius 1 is 1.09 bits per heavy atom. The molecule has 2 rings (SSSR count). The molecule has 0 radical (unpaired) electrons. The van der Waals surface area contributed by atoms with Gasteiger partial charge in [0.15, 0.2) is 0 Å². The number of amides is 1. The number of aryl methyl sites for hydroxylation is 2. The van der Waals surface area contributed by atoms with Gasteiger partial charge in [-0.25, -0.2) is 17.5 Å². The van der Waals surface area contributed by atoms with Crippen LogP contribution in [0.4, 0.5) is 10.1 Å². The van der Waals surface area contributed by atoms with Crippen molar-refractivity contribution in [2.45, 2.75) is 18.7 Å². The Balaban J connectivity index is 2.03. The van der Waals surface area contributed by atoms with Gasteiger partial charge in [-0.2, -0.15) is 0 Å². The van der Waals surface area contributed by atoms with E-state index >= 15 is 0 Å². The first kappa shape index (κ1) is 17.1. The Hall–Kier alpha value is -2.25. The van der Waals surface area contributed by atoms with Crippen LogP contribution < -0.4 is 10.0 Å². The van der Waals surface area contributed by atoms with E-state index < -0.39 is 28.3 Å². The van der Waals surface area contributed by atoms with Crippen LogP contribution in [0.15, 0.2) is 47.4 Å². The van der Waals surface area contributed by atoms with Gasteiger partial charge in [-0.15, -0.1) is 0 Å². The fourth-order valence-corrected chi connectivity index (χ4v) is 3.00. The molecular weight excluding hydrogens is 319 g/mol. The van der Waals surface area contributed by atoms with Crippen molar-refractivity contribution in [2.24, 2.45) is 0 Å². The summed E-state index contributed by atoms with van der Waals surface area (Å²) in [4.78, 5) is 11.8. The van der Waals surface area contributed by atoms with Gasteiger partial charge >= 0.3 is 0 Å². The van der Waals surface area contributed by atoms with Gasteiger partial charge in [0, 0.05) is 5.69 Å². The standard InChI is InChI=1S/C16H17FN2O3S/c1-11-5-3-4-6-15(11)19-16(20)10-18-23(21,22)13-7-8-14(17)12(2)9-13/h3-9,18H,10H2,1-2H3,(H,19,20). The second-order valence-corrected chi connectivity index (χ2v) is 6.87. The molecule has 0 heterocycles. The number of benzene rings is 2. The minimum Gasteiger partial charge on any atom is -0.325 e. The number of nitrogens with one attached hydrogen (secondary N) is 2.